The number of hydrogen-bond donors (Lipinski definition) is 2. The first-order valence-corrected chi connectivity index (χ1v) is 11.2. The van der Waals surface area contributed by atoms with Gasteiger partial charge in [-0.1, -0.05) is 6.07 Å². The maximum Gasteiger partial charge on any atom is 0.251 e. The molecular formula is C21H24N2O5S. The molecule has 1 unspecified atom stereocenters. The third-order valence-electron chi connectivity index (χ3n) is 5.37. The van der Waals surface area contributed by atoms with E-state index in [1.807, 2.05) is 12.1 Å². The van der Waals surface area contributed by atoms with Crippen LogP contribution in [0.4, 0.5) is 0 Å². The number of aliphatic hydroxyl groups excluding tert-OH is 1. The van der Waals surface area contributed by atoms with Gasteiger partial charge in [0.15, 0.2) is 0 Å². The molecule has 1 fully saturated rings. The van der Waals surface area contributed by atoms with Gasteiger partial charge in [-0.15, -0.1) is 0 Å². The van der Waals surface area contributed by atoms with E-state index < -0.39 is 16.1 Å². The number of nitrogens with zero attached hydrogens (tertiary/aromatic N) is 1. The van der Waals surface area contributed by atoms with Gasteiger partial charge < -0.3 is 15.2 Å². The van der Waals surface area contributed by atoms with Crippen LogP contribution in [0.2, 0.25) is 0 Å². The van der Waals surface area contributed by atoms with Crippen molar-refractivity contribution in [2.75, 3.05) is 26.2 Å². The van der Waals surface area contributed by atoms with Crippen molar-refractivity contribution in [3.8, 4) is 5.75 Å². The Morgan fingerprint density at radius 1 is 1.14 bits per heavy atom. The number of hydrogen-bond acceptors (Lipinski definition) is 5. The molecule has 2 heterocycles. The van der Waals surface area contributed by atoms with Gasteiger partial charge in [0.2, 0.25) is 10.0 Å². The molecule has 2 aromatic carbocycles. The second kappa shape index (κ2) is 8.14. The van der Waals surface area contributed by atoms with Crippen LogP contribution in [0.3, 0.4) is 0 Å². The van der Waals surface area contributed by atoms with Crippen molar-refractivity contribution in [3.63, 3.8) is 0 Å². The third kappa shape index (κ3) is 4.14. The van der Waals surface area contributed by atoms with Gasteiger partial charge >= 0.3 is 0 Å². The Bertz CT molecular complexity index is 998. The van der Waals surface area contributed by atoms with E-state index in [2.05, 4.69) is 5.32 Å². The van der Waals surface area contributed by atoms with Crippen molar-refractivity contribution < 1.29 is 23.1 Å². The molecule has 2 aromatic rings. The SMILES string of the molecule is O=C(NCC(O)c1ccc2c(c1)CCO2)c1ccc(S(=O)(=O)N2CCCC2)cc1. The van der Waals surface area contributed by atoms with E-state index in [1.165, 1.54) is 28.6 Å². The summed E-state index contributed by atoms with van der Waals surface area (Å²) >= 11 is 0. The number of amides is 1. The first-order chi connectivity index (χ1) is 13.9. The summed E-state index contributed by atoms with van der Waals surface area (Å²) in [4.78, 5) is 12.6. The fraction of sp³-hybridized carbons (Fsp3) is 0.381. The molecule has 154 valence electrons. The third-order valence-corrected chi connectivity index (χ3v) is 7.29. The summed E-state index contributed by atoms with van der Waals surface area (Å²) in [7, 11) is -3.50. The largest absolute Gasteiger partial charge is 0.493 e. The number of sulfonamides is 1. The zero-order valence-corrected chi connectivity index (χ0v) is 16.8. The Balaban J connectivity index is 1.37. The maximum absolute atomic E-state index is 12.6. The van der Waals surface area contributed by atoms with E-state index in [0.717, 1.165) is 36.1 Å². The zero-order valence-electron chi connectivity index (χ0n) is 16.0. The fourth-order valence-corrected chi connectivity index (χ4v) is 5.20. The van der Waals surface area contributed by atoms with E-state index in [-0.39, 0.29) is 17.3 Å². The van der Waals surface area contributed by atoms with E-state index in [4.69, 9.17) is 4.74 Å². The minimum atomic E-state index is -3.50. The lowest BCUT2D eigenvalue weighted by atomic mass is 10.0. The van der Waals surface area contributed by atoms with Crippen LogP contribution in [-0.2, 0) is 16.4 Å². The van der Waals surface area contributed by atoms with Crippen LogP contribution in [0.25, 0.3) is 0 Å². The van der Waals surface area contributed by atoms with Gasteiger partial charge in [-0.05, 0) is 60.4 Å². The summed E-state index contributed by atoms with van der Waals surface area (Å²) in [5.41, 5.74) is 2.13. The Morgan fingerprint density at radius 2 is 1.86 bits per heavy atom. The Hall–Kier alpha value is -2.42. The van der Waals surface area contributed by atoms with E-state index in [0.29, 0.717) is 25.3 Å². The van der Waals surface area contributed by atoms with E-state index in [1.54, 1.807) is 6.07 Å². The lowest BCUT2D eigenvalue weighted by Gasteiger charge is -2.16. The van der Waals surface area contributed by atoms with Gasteiger partial charge in [0.1, 0.15) is 5.75 Å². The zero-order chi connectivity index (χ0) is 20.4. The molecule has 0 aliphatic carbocycles. The Labute approximate surface area is 170 Å². The van der Waals surface area contributed by atoms with Crippen molar-refractivity contribution in [3.05, 3.63) is 59.2 Å². The topological polar surface area (TPSA) is 95.9 Å². The monoisotopic (exact) mass is 416 g/mol. The van der Waals surface area contributed by atoms with Crippen molar-refractivity contribution >= 4 is 15.9 Å². The number of benzene rings is 2. The van der Waals surface area contributed by atoms with E-state index in [9.17, 15) is 18.3 Å². The molecule has 2 aliphatic heterocycles. The quantitative estimate of drug-likeness (QED) is 0.750. The predicted molar refractivity (Wildman–Crippen MR) is 107 cm³/mol. The van der Waals surface area contributed by atoms with E-state index >= 15 is 0 Å². The number of aliphatic hydroxyl groups is 1. The molecule has 4 rings (SSSR count). The highest BCUT2D eigenvalue weighted by molar-refractivity contribution is 7.89. The summed E-state index contributed by atoms with van der Waals surface area (Å²) in [5.74, 6) is 0.479. The first kappa shape index (κ1) is 19.9. The highest BCUT2D eigenvalue weighted by atomic mass is 32.2. The van der Waals surface area contributed by atoms with Gasteiger partial charge in [0.25, 0.3) is 5.91 Å². The van der Waals surface area contributed by atoms with Crippen LogP contribution in [-0.4, -0.2) is 50.0 Å². The molecule has 2 N–H and O–H groups in total. The number of ether oxygens (including phenoxy) is 1. The molecule has 7 nitrogen and oxygen atoms in total. The molecule has 0 aromatic heterocycles. The number of carbonyl (C=O) groups is 1. The molecule has 0 radical (unpaired) electrons. The molecular weight excluding hydrogens is 392 g/mol. The molecule has 1 amide bonds. The average molecular weight is 416 g/mol. The van der Waals surface area contributed by atoms with Gasteiger partial charge in [-0.2, -0.15) is 4.31 Å². The number of rotatable bonds is 6. The van der Waals surface area contributed by atoms with Crippen LogP contribution in [0, 0.1) is 0 Å². The smallest absolute Gasteiger partial charge is 0.251 e. The normalized spacial score (nSPS) is 17.6. The van der Waals surface area contributed by atoms with Crippen molar-refractivity contribution in [1.29, 1.82) is 0 Å². The van der Waals surface area contributed by atoms with Crippen molar-refractivity contribution in [2.24, 2.45) is 0 Å². The number of fused-ring (bicyclic) bond motifs is 1. The van der Waals surface area contributed by atoms with Crippen LogP contribution in [0.1, 0.15) is 40.4 Å². The number of nitrogens with one attached hydrogen (secondary N) is 1. The minimum Gasteiger partial charge on any atom is -0.493 e. The summed E-state index contributed by atoms with van der Waals surface area (Å²) in [6, 6.07) is 11.4. The maximum atomic E-state index is 12.6. The lowest BCUT2D eigenvalue weighted by Crippen LogP contribution is -2.29. The molecule has 0 spiro atoms. The van der Waals surface area contributed by atoms with Crippen LogP contribution in [0.5, 0.6) is 5.75 Å². The van der Waals surface area contributed by atoms with Crippen molar-refractivity contribution in [2.45, 2.75) is 30.3 Å². The summed E-state index contributed by atoms with van der Waals surface area (Å²) in [5, 5.41) is 13.1. The van der Waals surface area contributed by atoms with Crippen molar-refractivity contribution in [1.82, 2.24) is 9.62 Å². The molecule has 2 aliphatic rings. The molecule has 8 heteroatoms. The molecule has 0 bridgehead atoms. The minimum absolute atomic E-state index is 0.0618. The van der Waals surface area contributed by atoms with Gasteiger partial charge in [0, 0.05) is 31.6 Å². The standard InChI is InChI=1S/C21H24N2O5S/c24-19(16-5-8-20-17(13-16)9-12-28-20)14-22-21(25)15-3-6-18(7-4-15)29(26,27)23-10-1-2-11-23/h3-8,13,19,24H,1-2,9-12,14H2,(H,22,25). The molecule has 0 saturated carbocycles. The molecule has 1 atom stereocenters. The lowest BCUT2D eigenvalue weighted by molar-refractivity contribution is 0.0916. The average Bonchev–Trinajstić information content (AvgIpc) is 3.43. The second-order valence-corrected chi connectivity index (χ2v) is 9.26. The summed E-state index contributed by atoms with van der Waals surface area (Å²) in [6.45, 7) is 1.79. The van der Waals surface area contributed by atoms with Gasteiger partial charge in [0.05, 0.1) is 17.6 Å². The molecule has 29 heavy (non-hydrogen) atoms. The summed E-state index contributed by atoms with van der Waals surface area (Å²) in [6.07, 6.45) is 1.73. The number of carbonyl (C=O) groups excluding carboxylic acids is 1. The van der Waals surface area contributed by atoms with Gasteiger partial charge in [-0.25, -0.2) is 8.42 Å². The van der Waals surface area contributed by atoms with Crippen LogP contribution in [0.15, 0.2) is 47.4 Å². The fourth-order valence-electron chi connectivity index (χ4n) is 3.68. The van der Waals surface area contributed by atoms with Crippen LogP contribution < -0.4 is 10.1 Å². The second-order valence-electron chi connectivity index (χ2n) is 7.33. The summed E-state index contributed by atoms with van der Waals surface area (Å²) < 4.78 is 32.0. The Kier molecular flexibility index (Phi) is 5.58. The molecule has 1 saturated heterocycles. The predicted octanol–water partition coefficient (Wildman–Crippen LogP) is 1.87. The Morgan fingerprint density at radius 3 is 2.59 bits per heavy atom. The highest BCUT2D eigenvalue weighted by Gasteiger charge is 2.27. The first-order valence-electron chi connectivity index (χ1n) is 9.77. The highest BCUT2D eigenvalue weighted by Crippen LogP contribution is 2.28. The van der Waals surface area contributed by atoms with Crippen LogP contribution >= 0.6 is 0 Å². The van der Waals surface area contributed by atoms with Gasteiger partial charge in [-0.3, -0.25) is 4.79 Å².